The first-order valence-electron chi connectivity index (χ1n) is 8.08. The Bertz CT molecular complexity index is 992. The summed E-state index contributed by atoms with van der Waals surface area (Å²) in [6.07, 6.45) is -1.41. The molecule has 0 saturated carbocycles. The van der Waals surface area contributed by atoms with Gasteiger partial charge in [-0.2, -0.15) is 4.68 Å². The Hall–Kier alpha value is -2.60. The van der Waals surface area contributed by atoms with Gasteiger partial charge in [-0.3, -0.25) is 4.79 Å². The average Bonchev–Trinajstić information content (AvgIpc) is 3.02. The number of nitrogens with zero attached hydrogens (tertiary/aromatic N) is 4. The quantitative estimate of drug-likeness (QED) is 0.681. The molecular formula is C16H13BrClF3N6O2. The maximum atomic E-state index is 12.6. The zero-order chi connectivity index (χ0) is 21.2. The normalized spacial score (nSPS) is 14.8. The fourth-order valence-corrected chi connectivity index (χ4v) is 3.03. The van der Waals surface area contributed by atoms with E-state index in [0.29, 0.717) is 18.3 Å². The zero-order valence-corrected chi connectivity index (χ0v) is 17.0. The van der Waals surface area contributed by atoms with Gasteiger partial charge in [-0.1, -0.05) is 11.6 Å². The van der Waals surface area contributed by atoms with Gasteiger partial charge in [-0.15, -0.1) is 18.3 Å². The van der Waals surface area contributed by atoms with E-state index >= 15 is 0 Å². The summed E-state index contributed by atoms with van der Waals surface area (Å²) < 4.78 is 42.9. The number of aromatic nitrogens is 3. The van der Waals surface area contributed by atoms with Gasteiger partial charge in [0, 0.05) is 16.8 Å². The second-order valence-corrected chi connectivity index (χ2v) is 6.93. The number of amides is 1. The molecule has 29 heavy (non-hydrogen) atoms. The summed E-state index contributed by atoms with van der Waals surface area (Å²) >= 11 is 9.00. The second-order valence-electron chi connectivity index (χ2n) is 5.78. The standard InChI is InChI=1S/C16H13BrClF3N6O2/c1-8(12-25-14(17)26-27(12)15-22-3-2-4-23-15)24-13(28)9-5-10(18)7-11(6-9)29-16(19,20)21/h2-3,5-8H,4H2,1H3,(H,22,23)(H,24,28). The van der Waals surface area contributed by atoms with Crippen LogP contribution in [0.2, 0.25) is 5.02 Å². The van der Waals surface area contributed by atoms with Gasteiger partial charge in [0.1, 0.15) is 5.75 Å². The van der Waals surface area contributed by atoms with Crippen LogP contribution in [0.25, 0.3) is 0 Å². The molecule has 1 amide bonds. The van der Waals surface area contributed by atoms with Crippen molar-refractivity contribution >= 4 is 39.4 Å². The van der Waals surface area contributed by atoms with Crippen LogP contribution in [0.4, 0.5) is 13.2 Å². The van der Waals surface area contributed by atoms with E-state index in [0.717, 1.165) is 12.1 Å². The fourth-order valence-electron chi connectivity index (χ4n) is 2.46. The van der Waals surface area contributed by atoms with Gasteiger partial charge in [-0.05, 0) is 47.1 Å². The smallest absolute Gasteiger partial charge is 0.406 e. The number of carbonyl (C=O) groups is 1. The lowest BCUT2D eigenvalue weighted by Crippen LogP contribution is -2.35. The van der Waals surface area contributed by atoms with Gasteiger partial charge in [0.2, 0.25) is 10.7 Å². The molecule has 0 bridgehead atoms. The molecule has 154 valence electrons. The summed E-state index contributed by atoms with van der Waals surface area (Å²) in [6.45, 7) is 2.09. The van der Waals surface area contributed by atoms with Crippen LogP contribution in [0.1, 0.15) is 29.1 Å². The van der Waals surface area contributed by atoms with E-state index in [9.17, 15) is 18.0 Å². The Morgan fingerprint density at radius 3 is 2.83 bits per heavy atom. The van der Waals surface area contributed by atoms with Crippen molar-refractivity contribution in [2.45, 2.75) is 19.3 Å². The number of nitrogens with one attached hydrogen (secondary N) is 2. The Morgan fingerprint density at radius 2 is 2.17 bits per heavy atom. The third kappa shape index (κ3) is 5.48. The maximum Gasteiger partial charge on any atom is 0.573 e. The minimum Gasteiger partial charge on any atom is -0.406 e. The van der Waals surface area contributed by atoms with Crippen molar-refractivity contribution in [2.24, 2.45) is 4.99 Å². The van der Waals surface area contributed by atoms with Crippen molar-refractivity contribution in [1.82, 2.24) is 25.4 Å². The minimum atomic E-state index is -4.91. The maximum absolute atomic E-state index is 12.6. The summed E-state index contributed by atoms with van der Waals surface area (Å²) in [7, 11) is 0. The Balaban J connectivity index is 1.81. The minimum absolute atomic E-state index is 0.0805. The predicted molar refractivity (Wildman–Crippen MR) is 102 cm³/mol. The zero-order valence-electron chi connectivity index (χ0n) is 14.7. The van der Waals surface area contributed by atoms with E-state index < -0.39 is 24.1 Å². The van der Waals surface area contributed by atoms with E-state index in [4.69, 9.17) is 11.6 Å². The van der Waals surface area contributed by atoms with Crippen LogP contribution < -0.4 is 15.4 Å². The topological polar surface area (TPSA) is 93.4 Å². The molecule has 2 aromatic rings. The molecule has 2 heterocycles. The number of aliphatic imine (C=N–C) groups is 1. The third-order valence-corrected chi connectivity index (χ3v) is 4.14. The van der Waals surface area contributed by atoms with Crippen molar-refractivity contribution in [3.63, 3.8) is 0 Å². The number of rotatable bonds is 4. The van der Waals surface area contributed by atoms with Crippen molar-refractivity contribution < 1.29 is 22.7 Å². The first kappa shape index (κ1) is 21.1. The highest BCUT2D eigenvalue weighted by molar-refractivity contribution is 9.10. The molecule has 1 unspecified atom stereocenters. The van der Waals surface area contributed by atoms with Gasteiger partial charge in [0.25, 0.3) is 5.91 Å². The van der Waals surface area contributed by atoms with Crippen LogP contribution in [0.5, 0.6) is 5.75 Å². The van der Waals surface area contributed by atoms with Crippen molar-refractivity contribution in [3.8, 4) is 5.75 Å². The SMILES string of the molecule is CC(NC(=O)c1cc(Cl)cc(OC(F)(F)F)c1)c1nc(Br)nn1C1=NCC=CN1. The molecule has 0 aliphatic carbocycles. The van der Waals surface area contributed by atoms with Gasteiger partial charge in [0.05, 0.1) is 12.6 Å². The molecule has 0 radical (unpaired) electrons. The third-order valence-electron chi connectivity index (χ3n) is 3.59. The molecule has 3 rings (SSSR count). The second kappa shape index (κ2) is 8.41. The van der Waals surface area contributed by atoms with Crippen molar-refractivity contribution in [2.75, 3.05) is 6.54 Å². The highest BCUT2D eigenvalue weighted by Gasteiger charge is 2.31. The summed E-state index contributed by atoms with van der Waals surface area (Å²) in [5.41, 5.74) is -0.107. The molecule has 1 aromatic carbocycles. The average molecular weight is 494 g/mol. The first-order valence-corrected chi connectivity index (χ1v) is 9.25. The molecule has 0 spiro atoms. The van der Waals surface area contributed by atoms with E-state index in [2.05, 4.69) is 46.4 Å². The van der Waals surface area contributed by atoms with Gasteiger partial charge >= 0.3 is 6.36 Å². The molecule has 13 heteroatoms. The largest absolute Gasteiger partial charge is 0.573 e. The van der Waals surface area contributed by atoms with Crippen LogP contribution in [0.3, 0.4) is 0 Å². The number of ether oxygens (including phenoxy) is 1. The molecule has 1 atom stereocenters. The highest BCUT2D eigenvalue weighted by Crippen LogP contribution is 2.27. The lowest BCUT2D eigenvalue weighted by Gasteiger charge is -2.17. The first-order chi connectivity index (χ1) is 13.6. The monoisotopic (exact) mass is 492 g/mol. The summed E-state index contributed by atoms with van der Waals surface area (Å²) in [5.74, 6) is -0.511. The van der Waals surface area contributed by atoms with Crippen LogP contribution in [0, 0.1) is 0 Å². The fraction of sp³-hybridized carbons (Fsp3) is 0.250. The lowest BCUT2D eigenvalue weighted by molar-refractivity contribution is -0.274. The van der Waals surface area contributed by atoms with Gasteiger partial charge in [0.15, 0.2) is 5.82 Å². The lowest BCUT2D eigenvalue weighted by atomic mass is 10.2. The predicted octanol–water partition coefficient (Wildman–Crippen LogP) is 3.40. The number of hydrogen-bond donors (Lipinski definition) is 2. The van der Waals surface area contributed by atoms with E-state index in [1.54, 1.807) is 19.2 Å². The van der Waals surface area contributed by atoms with Crippen LogP contribution in [-0.4, -0.2) is 39.5 Å². The molecule has 1 aliphatic heterocycles. The molecule has 1 aromatic heterocycles. The van der Waals surface area contributed by atoms with E-state index in [1.165, 1.54) is 10.7 Å². The summed E-state index contributed by atoms with van der Waals surface area (Å²) in [5, 5.41) is 9.67. The van der Waals surface area contributed by atoms with Crippen molar-refractivity contribution in [3.05, 3.63) is 51.6 Å². The number of benzene rings is 1. The van der Waals surface area contributed by atoms with E-state index in [1.807, 2.05) is 0 Å². The molecule has 1 aliphatic rings. The Morgan fingerprint density at radius 1 is 1.41 bits per heavy atom. The molecule has 0 fully saturated rings. The number of hydrogen-bond acceptors (Lipinski definition) is 6. The summed E-state index contributed by atoms with van der Waals surface area (Å²) in [6, 6.07) is 2.47. The highest BCUT2D eigenvalue weighted by atomic mass is 79.9. The number of halogens is 5. The Labute approximate surface area is 175 Å². The van der Waals surface area contributed by atoms with Crippen LogP contribution >= 0.6 is 27.5 Å². The molecule has 8 nitrogen and oxygen atoms in total. The van der Waals surface area contributed by atoms with Crippen LogP contribution in [0.15, 0.2) is 40.2 Å². The van der Waals surface area contributed by atoms with E-state index in [-0.39, 0.29) is 15.3 Å². The van der Waals surface area contributed by atoms with Gasteiger partial charge in [-0.25, -0.2) is 9.98 Å². The van der Waals surface area contributed by atoms with Gasteiger partial charge < -0.3 is 15.4 Å². The summed E-state index contributed by atoms with van der Waals surface area (Å²) in [4.78, 5) is 21.0. The number of carbonyl (C=O) groups excluding carboxylic acids is 1. The molecular weight excluding hydrogens is 481 g/mol. The molecule has 2 N–H and O–H groups in total. The molecule has 0 saturated heterocycles. The Kier molecular flexibility index (Phi) is 6.13. The number of alkyl halides is 3. The van der Waals surface area contributed by atoms with Crippen LogP contribution in [-0.2, 0) is 0 Å². The van der Waals surface area contributed by atoms with Crippen molar-refractivity contribution in [1.29, 1.82) is 0 Å².